The molecule has 0 radical (unpaired) electrons. The zero-order chi connectivity index (χ0) is 17.1. The Morgan fingerprint density at radius 3 is 2.67 bits per heavy atom. The summed E-state index contributed by atoms with van der Waals surface area (Å²) in [6.07, 6.45) is 0. The normalized spacial score (nSPS) is 16.9. The van der Waals surface area contributed by atoms with E-state index in [1.807, 2.05) is 6.07 Å². The van der Waals surface area contributed by atoms with Gasteiger partial charge in [-0.05, 0) is 30.3 Å². The third-order valence-electron chi connectivity index (χ3n) is 3.66. The Morgan fingerprint density at radius 2 is 1.96 bits per heavy atom. The molecule has 4 nitrogen and oxygen atoms in total. The maximum atomic E-state index is 13.8. The molecule has 2 amide bonds. The van der Waals surface area contributed by atoms with Crippen molar-refractivity contribution in [1.82, 2.24) is 4.90 Å². The molecule has 0 spiro atoms. The van der Waals surface area contributed by atoms with Crippen LogP contribution in [0.3, 0.4) is 0 Å². The fraction of sp³-hybridized carbons (Fsp3) is 0.176. The van der Waals surface area contributed by atoms with Crippen LogP contribution in [-0.4, -0.2) is 34.4 Å². The summed E-state index contributed by atoms with van der Waals surface area (Å²) >= 11 is 7.19. The minimum absolute atomic E-state index is 0.0495. The van der Waals surface area contributed by atoms with E-state index in [0.717, 1.165) is 6.07 Å². The predicted molar refractivity (Wildman–Crippen MR) is 93.8 cm³/mol. The van der Waals surface area contributed by atoms with E-state index >= 15 is 0 Å². The molecule has 124 valence electrons. The average Bonchev–Trinajstić information content (AvgIpc) is 3.07. The minimum atomic E-state index is -0.641. The van der Waals surface area contributed by atoms with E-state index < -0.39 is 17.8 Å². The molecule has 0 unspecified atom stereocenters. The molecular formula is C17H14ClFN2O2S. The molecule has 1 N–H and O–H groups in total. The number of nitrogens with one attached hydrogen (secondary N) is 1. The van der Waals surface area contributed by atoms with Gasteiger partial charge >= 0.3 is 0 Å². The molecule has 1 fully saturated rings. The molecule has 7 heteroatoms. The molecule has 2 aromatic carbocycles. The third-order valence-corrected chi connectivity index (χ3v) is 4.90. The van der Waals surface area contributed by atoms with Gasteiger partial charge in [-0.2, -0.15) is 0 Å². The fourth-order valence-electron chi connectivity index (χ4n) is 2.41. The Balaban J connectivity index is 1.75. The topological polar surface area (TPSA) is 49.4 Å². The highest BCUT2D eigenvalue weighted by molar-refractivity contribution is 7.99. The lowest BCUT2D eigenvalue weighted by Crippen LogP contribution is -2.44. The maximum absolute atomic E-state index is 13.8. The van der Waals surface area contributed by atoms with E-state index in [1.54, 1.807) is 24.3 Å². The Hall–Kier alpha value is -2.05. The number of halogens is 2. The first kappa shape index (κ1) is 16.8. The van der Waals surface area contributed by atoms with E-state index in [1.165, 1.54) is 28.8 Å². The van der Waals surface area contributed by atoms with Gasteiger partial charge in [-0.3, -0.25) is 9.59 Å². The lowest BCUT2D eigenvalue weighted by Gasteiger charge is -2.23. The lowest BCUT2D eigenvalue weighted by atomic mass is 10.1. The first-order valence-corrected chi connectivity index (χ1v) is 8.79. The summed E-state index contributed by atoms with van der Waals surface area (Å²) in [6, 6.07) is 12.2. The van der Waals surface area contributed by atoms with Crippen molar-refractivity contribution in [2.45, 2.75) is 6.04 Å². The van der Waals surface area contributed by atoms with Gasteiger partial charge in [0.1, 0.15) is 11.9 Å². The molecule has 0 bridgehead atoms. The number of benzene rings is 2. The van der Waals surface area contributed by atoms with Gasteiger partial charge in [0.25, 0.3) is 5.91 Å². The zero-order valence-electron chi connectivity index (χ0n) is 12.5. The van der Waals surface area contributed by atoms with Crippen LogP contribution in [0.5, 0.6) is 0 Å². The molecule has 2 aromatic rings. The van der Waals surface area contributed by atoms with Crippen molar-refractivity contribution in [3.63, 3.8) is 0 Å². The molecule has 1 saturated heterocycles. The highest BCUT2D eigenvalue weighted by atomic mass is 35.5. The van der Waals surface area contributed by atoms with Gasteiger partial charge < -0.3 is 10.2 Å². The summed E-state index contributed by atoms with van der Waals surface area (Å²) in [5.74, 6) is -0.334. The van der Waals surface area contributed by atoms with Crippen LogP contribution in [0.2, 0.25) is 5.02 Å². The summed E-state index contributed by atoms with van der Waals surface area (Å²) in [5, 5.41) is 2.79. The van der Waals surface area contributed by atoms with Crippen LogP contribution in [0.15, 0.2) is 48.5 Å². The quantitative estimate of drug-likeness (QED) is 0.904. The average molecular weight is 365 g/mol. The molecule has 1 aliphatic heterocycles. The lowest BCUT2D eigenvalue weighted by molar-refractivity contribution is -0.119. The van der Waals surface area contributed by atoms with Crippen LogP contribution in [0, 0.1) is 5.82 Å². The fourth-order valence-corrected chi connectivity index (χ4v) is 3.73. The number of carbonyl (C=O) groups excluding carboxylic acids is 2. The molecule has 1 atom stereocenters. The maximum Gasteiger partial charge on any atom is 0.255 e. The first-order valence-electron chi connectivity index (χ1n) is 7.26. The second kappa shape index (κ2) is 7.23. The van der Waals surface area contributed by atoms with E-state index in [2.05, 4.69) is 5.32 Å². The summed E-state index contributed by atoms with van der Waals surface area (Å²) in [5.41, 5.74) is 0.573. The smallest absolute Gasteiger partial charge is 0.255 e. The number of hydrogen-bond donors (Lipinski definition) is 1. The van der Waals surface area contributed by atoms with Crippen molar-refractivity contribution in [1.29, 1.82) is 0 Å². The number of rotatable bonds is 3. The number of anilines is 1. The Morgan fingerprint density at radius 1 is 1.21 bits per heavy atom. The monoisotopic (exact) mass is 364 g/mol. The molecule has 1 aliphatic rings. The summed E-state index contributed by atoms with van der Waals surface area (Å²) in [7, 11) is 0. The Kier molecular flexibility index (Phi) is 5.06. The van der Waals surface area contributed by atoms with Gasteiger partial charge in [0.2, 0.25) is 5.91 Å². The minimum Gasteiger partial charge on any atom is -0.322 e. The third kappa shape index (κ3) is 3.55. The second-order valence-corrected chi connectivity index (χ2v) is 6.71. The number of thioether (sulfide) groups is 1. The highest BCUT2D eigenvalue weighted by Gasteiger charge is 2.35. The van der Waals surface area contributed by atoms with E-state index in [0.29, 0.717) is 17.2 Å². The Labute approximate surface area is 148 Å². The van der Waals surface area contributed by atoms with E-state index in [4.69, 9.17) is 11.6 Å². The molecule has 0 aliphatic carbocycles. The van der Waals surface area contributed by atoms with Crippen LogP contribution < -0.4 is 5.32 Å². The molecule has 1 heterocycles. The van der Waals surface area contributed by atoms with Crippen LogP contribution in [-0.2, 0) is 4.79 Å². The SMILES string of the molecule is O=C(Nc1ccc(Cl)cc1F)[C@@H]1CSCN1C(=O)c1ccccc1. The van der Waals surface area contributed by atoms with Crippen molar-refractivity contribution in [2.75, 3.05) is 16.9 Å². The van der Waals surface area contributed by atoms with Crippen LogP contribution in [0.4, 0.5) is 10.1 Å². The summed E-state index contributed by atoms with van der Waals surface area (Å²) in [6.45, 7) is 0. The molecule has 3 rings (SSSR count). The second-order valence-electron chi connectivity index (χ2n) is 5.27. The van der Waals surface area contributed by atoms with Gasteiger partial charge in [0.05, 0.1) is 11.6 Å². The van der Waals surface area contributed by atoms with Gasteiger partial charge in [-0.1, -0.05) is 29.8 Å². The number of amides is 2. The van der Waals surface area contributed by atoms with E-state index in [-0.39, 0.29) is 16.6 Å². The van der Waals surface area contributed by atoms with Crippen molar-refractivity contribution < 1.29 is 14.0 Å². The van der Waals surface area contributed by atoms with Crippen molar-refractivity contribution in [3.8, 4) is 0 Å². The van der Waals surface area contributed by atoms with Crippen molar-refractivity contribution in [2.24, 2.45) is 0 Å². The van der Waals surface area contributed by atoms with Gasteiger partial charge in [0, 0.05) is 16.3 Å². The van der Waals surface area contributed by atoms with Crippen molar-refractivity contribution in [3.05, 3.63) is 64.9 Å². The summed E-state index contributed by atoms with van der Waals surface area (Å²) in [4.78, 5) is 26.6. The Bertz CT molecular complexity index is 772. The number of hydrogen-bond acceptors (Lipinski definition) is 3. The van der Waals surface area contributed by atoms with Crippen molar-refractivity contribution >= 4 is 40.9 Å². The van der Waals surface area contributed by atoms with Gasteiger partial charge in [0.15, 0.2) is 0 Å². The zero-order valence-corrected chi connectivity index (χ0v) is 14.1. The van der Waals surface area contributed by atoms with Crippen LogP contribution in [0.25, 0.3) is 0 Å². The highest BCUT2D eigenvalue weighted by Crippen LogP contribution is 2.25. The van der Waals surface area contributed by atoms with Crippen LogP contribution in [0.1, 0.15) is 10.4 Å². The molecular weight excluding hydrogens is 351 g/mol. The molecule has 24 heavy (non-hydrogen) atoms. The number of nitrogens with zero attached hydrogens (tertiary/aromatic N) is 1. The predicted octanol–water partition coefficient (Wildman–Crippen LogP) is 3.63. The first-order chi connectivity index (χ1) is 11.6. The largest absolute Gasteiger partial charge is 0.322 e. The molecule has 0 saturated carbocycles. The standard InChI is InChI=1S/C17H14ClFN2O2S/c18-12-6-7-14(13(19)8-12)20-16(22)15-9-24-10-21(15)17(23)11-4-2-1-3-5-11/h1-8,15H,9-10H2,(H,20,22)/t15-/m0/s1. The van der Waals surface area contributed by atoms with Gasteiger partial charge in [-0.25, -0.2) is 4.39 Å². The molecule has 0 aromatic heterocycles. The van der Waals surface area contributed by atoms with E-state index in [9.17, 15) is 14.0 Å². The van der Waals surface area contributed by atoms with Gasteiger partial charge in [-0.15, -0.1) is 11.8 Å². The number of carbonyl (C=O) groups is 2. The van der Waals surface area contributed by atoms with Crippen LogP contribution >= 0.6 is 23.4 Å². The summed E-state index contributed by atoms with van der Waals surface area (Å²) < 4.78 is 13.8.